The van der Waals surface area contributed by atoms with E-state index in [0.29, 0.717) is 0 Å². The maximum absolute atomic E-state index is 5.35. The molecule has 0 bridgehead atoms. The fraction of sp³-hybridized carbons (Fsp3) is 0.538. The molecule has 1 aliphatic carbocycles. The first kappa shape index (κ1) is 11.1. The van der Waals surface area contributed by atoms with E-state index in [1.165, 1.54) is 37.7 Å². The van der Waals surface area contributed by atoms with E-state index in [1.807, 2.05) is 6.08 Å². The van der Waals surface area contributed by atoms with E-state index in [9.17, 15) is 0 Å². The molecule has 1 aliphatic rings. The van der Waals surface area contributed by atoms with E-state index in [1.54, 1.807) is 6.20 Å². The third-order valence-corrected chi connectivity index (χ3v) is 2.84. The summed E-state index contributed by atoms with van der Waals surface area (Å²) in [4.78, 5) is 0. The lowest BCUT2D eigenvalue weighted by molar-refractivity contribution is 0.408. The standard InChI is InChI=1S/C13H21N/c1-2-7-12(10-6-11-14)13-8-4-3-5-9-13/h2,6-7,10-11,13H,3-5,8-9,14H2,1H3/b7-2-,11-6+,12-10+. The summed E-state index contributed by atoms with van der Waals surface area (Å²) < 4.78 is 0. The van der Waals surface area contributed by atoms with Gasteiger partial charge in [0.15, 0.2) is 0 Å². The Hall–Kier alpha value is -0.980. The number of hydrogen-bond acceptors (Lipinski definition) is 1. The second kappa shape index (κ2) is 6.47. The maximum atomic E-state index is 5.35. The zero-order valence-electron chi connectivity index (χ0n) is 9.08. The van der Waals surface area contributed by atoms with Crippen LogP contribution < -0.4 is 5.73 Å². The molecule has 1 saturated carbocycles. The van der Waals surface area contributed by atoms with Gasteiger partial charge in [0.05, 0.1) is 0 Å². The second-order valence-electron chi connectivity index (χ2n) is 3.89. The third kappa shape index (κ3) is 3.41. The van der Waals surface area contributed by atoms with Gasteiger partial charge >= 0.3 is 0 Å². The lowest BCUT2D eigenvalue weighted by Gasteiger charge is -2.22. The normalized spacial score (nSPS) is 21.1. The van der Waals surface area contributed by atoms with Crippen molar-refractivity contribution >= 4 is 0 Å². The molecule has 1 nitrogen and oxygen atoms in total. The van der Waals surface area contributed by atoms with Crippen molar-refractivity contribution in [2.75, 3.05) is 0 Å². The molecule has 1 rings (SSSR count). The monoisotopic (exact) mass is 191 g/mol. The molecule has 0 unspecified atom stereocenters. The minimum Gasteiger partial charge on any atom is -0.405 e. The fourth-order valence-electron chi connectivity index (χ4n) is 2.12. The van der Waals surface area contributed by atoms with Crippen molar-refractivity contribution in [1.82, 2.24) is 0 Å². The highest BCUT2D eigenvalue weighted by Gasteiger charge is 2.15. The van der Waals surface area contributed by atoms with Crippen molar-refractivity contribution in [2.45, 2.75) is 39.0 Å². The predicted octanol–water partition coefficient (Wildman–Crippen LogP) is 3.54. The van der Waals surface area contributed by atoms with Gasteiger partial charge in [-0.1, -0.05) is 37.5 Å². The van der Waals surface area contributed by atoms with E-state index >= 15 is 0 Å². The molecule has 0 aromatic carbocycles. The van der Waals surface area contributed by atoms with Gasteiger partial charge in [0.2, 0.25) is 0 Å². The van der Waals surface area contributed by atoms with E-state index in [2.05, 4.69) is 25.2 Å². The molecule has 0 atom stereocenters. The molecule has 0 radical (unpaired) electrons. The smallest absolute Gasteiger partial charge is 0.00623 e. The molecule has 1 heteroatoms. The predicted molar refractivity (Wildman–Crippen MR) is 62.8 cm³/mol. The van der Waals surface area contributed by atoms with Crippen molar-refractivity contribution in [2.24, 2.45) is 11.7 Å². The summed E-state index contributed by atoms with van der Waals surface area (Å²) in [5.41, 5.74) is 6.79. The highest BCUT2D eigenvalue weighted by molar-refractivity contribution is 5.26. The van der Waals surface area contributed by atoms with Crippen LogP contribution in [0.15, 0.2) is 36.1 Å². The van der Waals surface area contributed by atoms with Crippen molar-refractivity contribution < 1.29 is 0 Å². The topological polar surface area (TPSA) is 26.0 Å². The second-order valence-corrected chi connectivity index (χ2v) is 3.89. The van der Waals surface area contributed by atoms with E-state index in [-0.39, 0.29) is 0 Å². The van der Waals surface area contributed by atoms with Gasteiger partial charge in [-0.3, -0.25) is 0 Å². The van der Waals surface area contributed by atoms with E-state index in [4.69, 9.17) is 5.73 Å². The van der Waals surface area contributed by atoms with Crippen LogP contribution >= 0.6 is 0 Å². The van der Waals surface area contributed by atoms with Gasteiger partial charge < -0.3 is 5.73 Å². The van der Waals surface area contributed by atoms with Crippen LogP contribution in [-0.4, -0.2) is 0 Å². The first-order valence-corrected chi connectivity index (χ1v) is 5.59. The Labute approximate surface area is 87.4 Å². The maximum Gasteiger partial charge on any atom is -0.00623 e. The molecular formula is C13H21N. The van der Waals surface area contributed by atoms with Gasteiger partial charge in [-0.05, 0) is 43.5 Å². The fourth-order valence-corrected chi connectivity index (χ4v) is 2.12. The van der Waals surface area contributed by atoms with Crippen molar-refractivity contribution in [3.05, 3.63) is 36.1 Å². The zero-order valence-corrected chi connectivity index (χ0v) is 9.08. The largest absolute Gasteiger partial charge is 0.405 e. The Bertz CT molecular complexity index is 230. The summed E-state index contributed by atoms with van der Waals surface area (Å²) >= 11 is 0. The highest BCUT2D eigenvalue weighted by atomic mass is 14.5. The van der Waals surface area contributed by atoms with Gasteiger partial charge in [-0.25, -0.2) is 0 Å². The molecule has 0 amide bonds. The summed E-state index contributed by atoms with van der Waals surface area (Å²) in [7, 11) is 0. The lowest BCUT2D eigenvalue weighted by atomic mass is 9.83. The molecule has 0 aromatic rings. The van der Waals surface area contributed by atoms with E-state index in [0.717, 1.165) is 5.92 Å². The summed E-state index contributed by atoms with van der Waals surface area (Å²) in [6, 6.07) is 0. The summed E-state index contributed by atoms with van der Waals surface area (Å²) in [5, 5.41) is 0. The van der Waals surface area contributed by atoms with Gasteiger partial charge in [0.25, 0.3) is 0 Å². The Morgan fingerprint density at radius 3 is 2.50 bits per heavy atom. The minimum atomic E-state index is 0.760. The van der Waals surface area contributed by atoms with Crippen LogP contribution in [0.25, 0.3) is 0 Å². The summed E-state index contributed by atoms with van der Waals surface area (Å²) in [6.07, 6.45) is 16.9. The Morgan fingerprint density at radius 1 is 1.21 bits per heavy atom. The molecule has 0 aromatic heterocycles. The molecule has 14 heavy (non-hydrogen) atoms. The molecule has 0 heterocycles. The minimum absolute atomic E-state index is 0.760. The number of rotatable bonds is 3. The van der Waals surface area contributed by atoms with Gasteiger partial charge in [0, 0.05) is 0 Å². The third-order valence-electron chi connectivity index (χ3n) is 2.84. The van der Waals surface area contributed by atoms with Gasteiger partial charge in [-0.2, -0.15) is 0 Å². The Balaban J connectivity index is 2.65. The van der Waals surface area contributed by atoms with Crippen molar-refractivity contribution in [3.8, 4) is 0 Å². The zero-order chi connectivity index (χ0) is 10.2. The molecule has 0 saturated heterocycles. The molecule has 1 fully saturated rings. The molecule has 0 aliphatic heterocycles. The quantitative estimate of drug-likeness (QED) is 0.678. The SMILES string of the molecule is C\C=C/C(=C\C=C\N)C1CCCCC1. The van der Waals surface area contributed by atoms with Crippen molar-refractivity contribution in [1.29, 1.82) is 0 Å². The van der Waals surface area contributed by atoms with Crippen LogP contribution in [-0.2, 0) is 0 Å². The highest BCUT2D eigenvalue weighted by Crippen LogP contribution is 2.30. The van der Waals surface area contributed by atoms with Crippen LogP contribution in [0.4, 0.5) is 0 Å². The molecule has 2 N–H and O–H groups in total. The van der Waals surface area contributed by atoms with Crippen LogP contribution in [0.3, 0.4) is 0 Å². The average molecular weight is 191 g/mol. The Morgan fingerprint density at radius 2 is 1.93 bits per heavy atom. The van der Waals surface area contributed by atoms with E-state index < -0.39 is 0 Å². The number of nitrogens with two attached hydrogens (primary N) is 1. The first-order chi connectivity index (χ1) is 6.88. The molecule has 0 spiro atoms. The van der Waals surface area contributed by atoms with Crippen LogP contribution in [0.1, 0.15) is 39.0 Å². The molecule has 78 valence electrons. The number of hydrogen-bond donors (Lipinski definition) is 1. The average Bonchev–Trinajstić information content (AvgIpc) is 2.25. The van der Waals surface area contributed by atoms with Crippen LogP contribution in [0.5, 0.6) is 0 Å². The lowest BCUT2D eigenvalue weighted by Crippen LogP contribution is -2.07. The first-order valence-electron chi connectivity index (χ1n) is 5.59. The number of allylic oxidation sites excluding steroid dienone is 5. The summed E-state index contributed by atoms with van der Waals surface area (Å²) in [6.45, 7) is 2.07. The summed E-state index contributed by atoms with van der Waals surface area (Å²) in [5.74, 6) is 0.760. The van der Waals surface area contributed by atoms with Crippen molar-refractivity contribution in [3.63, 3.8) is 0 Å². The molecular weight excluding hydrogens is 170 g/mol. The Kier molecular flexibility index (Phi) is 5.13. The van der Waals surface area contributed by atoms with Crippen LogP contribution in [0.2, 0.25) is 0 Å². The van der Waals surface area contributed by atoms with Gasteiger partial charge in [-0.15, -0.1) is 0 Å². The van der Waals surface area contributed by atoms with Gasteiger partial charge in [0.1, 0.15) is 0 Å². The van der Waals surface area contributed by atoms with Crippen LogP contribution in [0, 0.1) is 5.92 Å².